The number of anilines is 1. The van der Waals surface area contributed by atoms with Gasteiger partial charge >= 0.3 is 5.97 Å². The number of carboxylic acid groups (broad SMARTS) is 1. The summed E-state index contributed by atoms with van der Waals surface area (Å²) in [6.07, 6.45) is 0. The minimum absolute atomic E-state index is 0.360. The van der Waals surface area contributed by atoms with Crippen molar-refractivity contribution >= 4 is 38.2 Å². The number of hydrogen-bond acceptors (Lipinski definition) is 3. The Kier molecular flexibility index (Phi) is 3.74. The molecule has 0 saturated heterocycles. The van der Waals surface area contributed by atoms with Crippen molar-refractivity contribution in [2.24, 2.45) is 5.92 Å². The highest BCUT2D eigenvalue weighted by molar-refractivity contribution is 9.10. The molecule has 0 spiro atoms. The van der Waals surface area contributed by atoms with Gasteiger partial charge in [0.25, 0.3) is 0 Å². The molecule has 1 aromatic heterocycles. The van der Waals surface area contributed by atoms with Crippen molar-refractivity contribution in [2.75, 3.05) is 11.9 Å². The molecule has 13 heavy (non-hydrogen) atoms. The average Bonchev–Trinajstić information content (AvgIpc) is 2.47. The predicted octanol–water partition coefficient (Wildman–Crippen LogP) is 2.64. The lowest BCUT2D eigenvalue weighted by Crippen LogP contribution is -2.19. The first-order valence-electron chi connectivity index (χ1n) is 3.80. The summed E-state index contributed by atoms with van der Waals surface area (Å²) in [4.78, 5) is 10.5. The highest BCUT2D eigenvalue weighted by atomic mass is 79.9. The van der Waals surface area contributed by atoms with E-state index in [4.69, 9.17) is 5.11 Å². The number of nitrogens with one attached hydrogen (secondary N) is 1. The molecule has 1 atom stereocenters. The normalized spacial score (nSPS) is 12.5. The van der Waals surface area contributed by atoms with Crippen molar-refractivity contribution in [3.8, 4) is 0 Å². The lowest BCUT2D eigenvalue weighted by atomic mass is 10.2. The molecule has 1 heterocycles. The van der Waals surface area contributed by atoms with Gasteiger partial charge in [0.2, 0.25) is 0 Å². The van der Waals surface area contributed by atoms with E-state index >= 15 is 0 Å². The average molecular weight is 264 g/mol. The third-order valence-corrected chi connectivity index (χ3v) is 3.22. The van der Waals surface area contributed by atoms with E-state index in [0.717, 1.165) is 9.47 Å². The molecule has 2 N–H and O–H groups in total. The van der Waals surface area contributed by atoms with Gasteiger partial charge in [-0.25, -0.2) is 0 Å². The van der Waals surface area contributed by atoms with Crippen LogP contribution in [0, 0.1) is 5.92 Å². The van der Waals surface area contributed by atoms with Crippen LogP contribution in [0.2, 0.25) is 0 Å². The minimum atomic E-state index is -0.775. The molecule has 1 rings (SSSR count). The molecule has 1 aromatic rings. The van der Waals surface area contributed by atoms with Crippen molar-refractivity contribution in [3.63, 3.8) is 0 Å². The SMILES string of the molecule is CC(CNc1cc(Br)cs1)C(=O)O. The number of carbonyl (C=O) groups is 1. The molecule has 0 amide bonds. The number of thiophene rings is 1. The van der Waals surface area contributed by atoms with E-state index in [1.807, 2.05) is 11.4 Å². The fourth-order valence-electron chi connectivity index (χ4n) is 0.747. The Morgan fingerprint density at radius 2 is 2.54 bits per heavy atom. The predicted molar refractivity (Wildman–Crippen MR) is 57.3 cm³/mol. The zero-order valence-corrected chi connectivity index (χ0v) is 9.48. The highest BCUT2D eigenvalue weighted by Crippen LogP contribution is 2.24. The van der Waals surface area contributed by atoms with Gasteiger partial charge in [0.05, 0.1) is 10.9 Å². The summed E-state index contributed by atoms with van der Waals surface area (Å²) in [5.41, 5.74) is 0. The Bertz CT molecular complexity index is 300. The molecule has 0 radical (unpaired) electrons. The van der Waals surface area contributed by atoms with Crippen LogP contribution in [0.4, 0.5) is 5.00 Å². The van der Waals surface area contributed by atoms with E-state index < -0.39 is 5.97 Å². The smallest absolute Gasteiger partial charge is 0.308 e. The molecular formula is C8H10BrNO2S. The molecule has 0 aromatic carbocycles. The summed E-state index contributed by atoms with van der Waals surface area (Å²) in [5, 5.41) is 14.6. The van der Waals surface area contributed by atoms with Crippen molar-refractivity contribution in [2.45, 2.75) is 6.92 Å². The topological polar surface area (TPSA) is 49.3 Å². The van der Waals surface area contributed by atoms with Crippen LogP contribution in [0.3, 0.4) is 0 Å². The third kappa shape index (κ3) is 3.36. The van der Waals surface area contributed by atoms with Gasteiger partial charge in [-0.15, -0.1) is 11.3 Å². The van der Waals surface area contributed by atoms with Crippen LogP contribution >= 0.6 is 27.3 Å². The summed E-state index contributed by atoms with van der Waals surface area (Å²) < 4.78 is 1.02. The molecule has 0 aliphatic heterocycles. The van der Waals surface area contributed by atoms with Crippen LogP contribution in [0.5, 0.6) is 0 Å². The zero-order chi connectivity index (χ0) is 9.84. The first-order chi connectivity index (χ1) is 6.09. The van der Waals surface area contributed by atoms with Gasteiger partial charge in [-0.1, -0.05) is 6.92 Å². The van der Waals surface area contributed by atoms with Crippen LogP contribution in [0.15, 0.2) is 15.9 Å². The fourth-order valence-corrected chi connectivity index (χ4v) is 2.08. The number of aliphatic carboxylic acids is 1. The van der Waals surface area contributed by atoms with Gasteiger partial charge in [0.15, 0.2) is 0 Å². The van der Waals surface area contributed by atoms with Crippen LogP contribution in [0.25, 0.3) is 0 Å². The lowest BCUT2D eigenvalue weighted by Gasteiger charge is -2.06. The van der Waals surface area contributed by atoms with Crippen molar-refractivity contribution in [3.05, 3.63) is 15.9 Å². The minimum Gasteiger partial charge on any atom is -0.481 e. The molecule has 0 bridgehead atoms. The van der Waals surface area contributed by atoms with Gasteiger partial charge in [-0.05, 0) is 22.0 Å². The van der Waals surface area contributed by atoms with E-state index in [1.54, 1.807) is 18.3 Å². The van der Waals surface area contributed by atoms with E-state index in [1.165, 1.54) is 0 Å². The molecule has 0 aliphatic carbocycles. The van der Waals surface area contributed by atoms with E-state index in [9.17, 15) is 4.79 Å². The zero-order valence-electron chi connectivity index (χ0n) is 7.08. The highest BCUT2D eigenvalue weighted by Gasteiger charge is 2.10. The molecule has 0 fully saturated rings. The Labute approximate surface area is 88.9 Å². The third-order valence-electron chi connectivity index (χ3n) is 1.57. The molecule has 0 saturated carbocycles. The maximum absolute atomic E-state index is 10.5. The van der Waals surface area contributed by atoms with Crippen molar-refractivity contribution < 1.29 is 9.90 Å². The molecule has 1 unspecified atom stereocenters. The second kappa shape index (κ2) is 4.62. The number of halogens is 1. The Balaban J connectivity index is 2.39. The first-order valence-corrected chi connectivity index (χ1v) is 5.47. The molecule has 3 nitrogen and oxygen atoms in total. The monoisotopic (exact) mass is 263 g/mol. The second-order valence-corrected chi connectivity index (χ2v) is 4.58. The summed E-state index contributed by atoms with van der Waals surface area (Å²) in [7, 11) is 0. The number of rotatable bonds is 4. The summed E-state index contributed by atoms with van der Waals surface area (Å²) in [5.74, 6) is -1.14. The van der Waals surface area contributed by atoms with Gasteiger partial charge in [-0.3, -0.25) is 4.79 Å². The molecule has 5 heteroatoms. The molecular weight excluding hydrogens is 254 g/mol. The summed E-state index contributed by atoms with van der Waals surface area (Å²) >= 11 is 4.87. The van der Waals surface area contributed by atoms with Gasteiger partial charge in [-0.2, -0.15) is 0 Å². The van der Waals surface area contributed by atoms with Crippen molar-refractivity contribution in [1.82, 2.24) is 0 Å². The van der Waals surface area contributed by atoms with Crippen LogP contribution < -0.4 is 5.32 Å². The Morgan fingerprint density at radius 3 is 3.00 bits per heavy atom. The van der Waals surface area contributed by atoms with E-state index in [0.29, 0.717) is 6.54 Å². The van der Waals surface area contributed by atoms with Gasteiger partial charge in [0, 0.05) is 16.4 Å². The fraction of sp³-hybridized carbons (Fsp3) is 0.375. The second-order valence-electron chi connectivity index (χ2n) is 2.75. The van der Waals surface area contributed by atoms with Gasteiger partial charge in [0.1, 0.15) is 0 Å². The van der Waals surface area contributed by atoms with Crippen LogP contribution in [0.1, 0.15) is 6.92 Å². The van der Waals surface area contributed by atoms with Crippen LogP contribution in [-0.2, 0) is 4.79 Å². The molecule has 72 valence electrons. The summed E-state index contributed by atoms with van der Waals surface area (Å²) in [6.45, 7) is 2.14. The molecule has 0 aliphatic rings. The summed E-state index contributed by atoms with van der Waals surface area (Å²) in [6, 6.07) is 1.93. The quantitative estimate of drug-likeness (QED) is 0.878. The lowest BCUT2D eigenvalue weighted by molar-refractivity contribution is -0.140. The van der Waals surface area contributed by atoms with E-state index in [2.05, 4.69) is 21.2 Å². The van der Waals surface area contributed by atoms with E-state index in [-0.39, 0.29) is 5.92 Å². The Hall–Kier alpha value is -0.550. The maximum atomic E-state index is 10.5. The largest absolute Gasteiger partial charge is 0.481 e. The number of hydrogen-bond donors (Lipinski definition) is 2. The number of carboxylic acids is 1. The van der Waals surface area contributed by atoms with Crippen molar-refractivity contribution in [1.29, 1.82) is 0 Å². The Morgan fingerprint density at radius 1 is 1.85 bits per heavy atom. The standard InChI is InChI=1S/C8H10BrNO2S/c1-5(8(11)12)3-10-7-2-6(9)4-13-7/h2,4-5,10H,3H2,1H3,(H,11,12). The first kappa shape index (κ1) is 10.5. The maximum Gasteiger partial charge on any atom is 0.308 e. The van der Waals surface area contributed by atoms with Crippen LogP contribution in [-0.4, -0.2) is 17.6 Å². The van der Waals surface area contributed by atoms with Gasteiger partial charge < -0.3 is 10.4 Å².